The first-order valence-electron chi connectivity index (χ1n) is 10.3. The van der Waals surface area contributed by atoms with Crippen LogP contribution in [0.3, 0.4) is 0 Å². The molecule has 0 spiro atoms. The molecular weight excluding hydrogens is 384 g/mol. The Balaban J connectivity index is 1.48. The number of benzene rings is 2. The molecule has 1 aliphatic rings. The van der Waals surface area contributed by atoms with Crippen LogP contribution < -0.4 is 15.4 Å². The van der Waals surface area contributed by atoms with Gasteiger partial charge in [-0.05, 0) is 55.7 Å². The van der Waals surface area contributed by atoms with Crippen molar-refractivity contribution >= 4 is 23.3 Å². The molecule has 7 heteroatoms. The van der Waals surface area contributed by atoms with Gasteiger partial charge in [-0.3, -0.25) is 4.79 Å². The van der Waals surface area contributed by atoms with Crippen LogP contribution in [0.4, 0.5) is 11.4 Å². The molecule has 2 N–H and O–H groups in total. The van der Waals surface area contributed by atoms with Gasteiger partial charge in [0.25, 0.3) is 0 Å². The van der Waals surface area contributed by atoms with E-state index in [1.54, 1.807) is 24.3 Å². The van der Waals surface area contributed by atoms with Gasteiger partial charge in [0.15, 0.2) is 0 Å². The zero-order chi connectivity index (χ0) is 21.2. The van der Waals surface area contributed by atoms with E-state index < -0.39 is 0 Å². The lowest BCUT2D eigenvalue weighted by Crippen LogP contribution is -2.22. The Morgan fingerprint density at radius 1 is 1.13 bits per heavy atom. The first-order valence-corrected chi connectivity index (χ1v) is 10.3. The summed E-state index contributed by atoms with van der Waals surface area (Å²) in [6, 6.07) is 14.1. The summed E-state index contributed by atoms with van der Waals surface area (Å²) in [6.07, 6.45) is 2.97. The molecule has 0 bridgehead atoms. The molecule has 1 atom stereocenters. The van der Waals surface area contributed by atoms with Crippen LogP contribution in [-0.2, 0) is 14.3 Å². The molecule has 30 heavy (non-hydrogen) atoms. The van der Waals surface area contributed by atoms with Crippen LogP contribution in [-0.4, -0.2) is 44.3 Å². The summed E-state index contributed by atoms with van der Waals surface area (Å²) >= 11 is 0. The highest BCUT2D eigenvalue weighted by Gasteiger charge is 2.17. The predicted octanol–water partition coefficient (Wildman–Crippen LogP) is 3.86. The van der Waals surface area contributed by atoms with Crippen molar-refractivity contribution in [3.63, 3.8) is 0 Å². The van der Waals surface area contributed by atoms with Gasteiger partial charge in [0.05, 0.1) is 30.5 Å². The Morgan fingerprint density at radius 3 is 2.67 bits per heavy atom. The fourth-order valence-electron chi connectivity index (χ4n) is 3.05. The monoisotopic (exact) mass is 412 g/mol. The second-order valence-corrected chi connectivity index (χ2v) is 7.06. The van der Waals surface area contributed by atoms with Gasteiger partial charge >= 0.3 is 5.97 Å². The highest BCUT2D eigenvalue weighted by Crippen LogP contribution is 2.25. The van der Waals surface area contributed by atoms with Gasteiger partial charge in [0.2, 0.25) is 5.91 Å². The number of para-hydroxylation sites is 2. The minimum Gasteiger partial charge on any atom is -0.489 e. The Morgan fingerprint density at radius 2 is 1.93 bits per heavy atom. The van der Waals surface area contributed by atoms with Gasteiger partial charge < -0.3 is 24.8 Å². The molecule has 1 unspecified atom stereocenters. The lowest BCUT2D eigenvalue weighted by Gasteiger charge is -2.15. The summed E-state index contributed by atoms with van der Waals surface area (Å²) in [7, 11) is 0. The second-order valence-electron chi connectivity index (χ2n) is 7.06. The maximum absolute atomic E-state index is 12.3. The maximum Gasteiger partial charge on any atom is 0.338 e. The van der Waals surface area contributed by atoms with Gasteiger partial charge in [0.1, 0.15) is 12.4 Å². The molecular formula is C23H28N2O5. The maximum atomic E-state index is 12.3. The topological polar surface area (TPSA) is 85.9 Å². The van der Waals surface area contributed by atoms with E-state index in [2.05, 4.69) is 10.6 Å². The third kappa shape index (κ3) is 6.49. The summed E-state index contributed by atoms with van der Waals surface area (Å²) in [5.41, 5.74) is 1.81. The summed E-state index contributed by atoms with van der Waals surface area (Å²) in [5, 5.41) is 5.91. The van der Waals surface area contributed by atoms with E-state index >= 15 is 0 Å². The zero-order valence-corrected chi connectivity index (χ0v) is 17.2. The largest absolute Gasteiger partial charge is 0.489 e. The van der Waals surface area contributed by atoms with Crippen molar-refractivity contribution in [2.24, 2.45) is 0 Å². The smallest absolute Gasteiger partial charge is 0.338 e. The van der Waals surface area contributed by atoms with Gasteiger partial charge in [-0.1, -0.05) is 19.1 Å². The Hall–Kier alpha value is -3.06. The van der Waals surface area contributed by atoms with E-state index in [1.165, 1.54) is 0 Å². The first kappa shape index (κ1) is 21.6. The molecule has 1 aliphatic heterocycles. The number of anilines is 2. The quantitative estimate of drug-likeness (QED) is 0.577. The van der Waals surface area contributed by atoms with Crippen LogP contribution in [0, 0.1) is 0 Å². The van der Waals surface area contributed by atoms with Crippen molar-refractivity contribution < 1.29 is 23.8 Å². The van der Waals surface area contributed by atoms with Crippen LogP contribution in [0.15, 0.2) is 48.5 Å². The normalized spacial score (nSPS) is 15.4. The van der Waals surface area contributed by atoms with Gasteiger partial charge in [-0.15, -0.1) is 0 Å². The predicted molar refractivity (Wildman–Crippen MR) is 115 cm³/mol. The second kappa shape index (κ2) is 11.2. The molecule has 2 aromatic carbocycles. The average molecular weight is 412 g/mol. The highest BCUT2D eigenvalue weighted by atomic mass is 16.5. The molecule has 0 saturated carbocycles. The van der Waals surface area contributed by atoms with E-state index in [0.29, 0.717) is 30.2 Å². The molecule has 3 rings (SSSR count). The van der Waals surface area contributed by atoms with Crippen molar-refractivity contribution in [3.8, 4) is 5.75 Å². The van der Waals surface area contributed by atoms with Crippen molar-refractivity contribution in [2.45, 2.75) is 32.3 Å². The molecule has 7 nitrogen and oxygen atoms in total. The van der Waals surface area contributed by atoms with Crippen LogP contribution in [0.2, 0.25) is 0 Å². The molecule has 1 amide bonds. The summed E-state index contributed by atoms with van der Waals surface area (Å²) in [4.78, 5) is 24.1. The third-order valence-electron chi connectivity index (χ3n) is 4.62. The summed E-state index contributed by atoms with van der Waals surface area (Å²) in [6.45, 7) is 3.70. The molecule has 1 fully saturated rings. The van der Waals surface area contributed by atoms with Crippen LogP contribution >= 0.6 is 0 Å². The van der Waals surface area contributed by atoms with E-state index in [-0.39, 0.29) is 24.5 Å². The first-order chi connectivity index (χ1) is 14.7. The standard InChI is InChI=1S/C23H28N2O5/c1-2-13-29-23(27)17-9-11-18(12-10-17)25-22(26)15-24-20-7-3-4-8-21(20)30-16-19-6-5-14-28-19/h3-4,7-12,19,24H,2,5-6,13-16H2,1H3,(H,25,26). The molecule has 2 aromatic rings. The van der Waals surface area contributed by atoms with Crippen molar-refractivity contribution in [1.82, 2.24) is 0 Å². The highest BCUT2D eigenvalue weighted by molar-refractivity contribution is 5.95. The molecule has 0 aliphatic carbocycles. The average Bonchev–Trinajstić information content (AvgIpc) is 3.29. The summed E-state index contributed by atoms with van der Waals surface area (Å²) < 4.78 is 16.5. The molecule has 0 radical (unpaired) electrons. The fraction of sp³-hybridized carbons (Fsp3) is 0.391. The number of ether oxygens (including phenoxy) is 3. The molecule has 0 aromatic heterocycles. The number of carbonyl (C=O) groups is 2. The fourth-order valence-corrected chi connectivity index (χ4v) is 3.05. The molecule has 1 saturated heterocycles. The number of carbonyl (C=O) groups excluding carboxylic acids is 2. The molecule has 1 heterocycles. The van der Waals surface area contributed by atoms with Crippen molar-refractivity contribution in [3.05, 3.63) is 54.1 Å². The summed E-state index contributed by atoms with van der Waals surface area (Å²) in [5.74, 6) is 0.122. The Kier molecular flexibility index (Phi) is 8.09. The SMILES string of the molecule is CCCOC(=O)c1ccc(NC(=O)CNc2ccccc2OCC2CCCO2)cc1. The third-order valence-corrected chi connectivity index (χ3v) is 4.62. The van der Waals surface area contributed by atoms with Crippen molar-refractivity contribution in [2.75, 3.05) is 37.0 Å². The molecule has 160 valence electrons. The number of hydrogen-bond acceptors (Lipinski definition) is 6. The number of rotatable bonds is 10. The van der Waals surface area contributed by atoms with Gasteiger partial charge in [-0.25, -0.2) is 4.79 Å². The van der Waals surface area contributed by atoms with Crippen LogP contribution in [0.25, 0.3) is 0 Å². The van der Waals surface area contributed by atoms with Gasteiger partial charge in [0, 0.05) is 12.3 Å². The lowest BCUT2D eigenvalue weighted by atomic mass is 10.2. The van der Waals surface area contributed by atoms with E-state index in [9.17, 15) is 9.59 Å². The number of esters is 1. The Labute approximate surface area is 176 Å². The minimum atomic E-state index is -0.365. The lowest BCUT2D eigenvalue weighted by molar-refractivity contribution is -0.114. The van der Waals surface area contributed by atoms with Crippen LogP contribution in [0.1, 0.15) is 36.5 Å². The number of amides is 1. The Bertz CT molecular complexity index is 832. The number of nitrogens with one attached hydrogen (secondary N) is 2. The van der Waals surface area contributed by atoms with Gasteiger partial charge in [-0.2, -0.15) is 0 Å². The zero-order valence-electron chi connectivity index (χ0n) is 17.2. The number of hydrogen-bond donors (Lipinski definition) is 2. The van der Waals surface area contributed by atoms with E-state index in [1.807, 2.05) is 31.2 Å². The van der Waals surface area contributed by atoms with E-state index in [4.69, 9.17) is 14.2 Å². The minimum absolute atomic E-state index is 0.0839. The van der Waals surface area contributed by atoms with Crippen molar-refractivity contribution in [1.29, 1.82) is 0 Å². The van der Waals surface area contributed by atoms with E-state index in [0.717, 1.165) is 31.6 Å². The van der Waals surface area contributed by atoms with Crippen LogP contribution in [0.5, 0.6) is 5.75 Å².